The molecule has 0 radical (unpaired) electrons. The predicted molar refractivity (Wildman–Crippen MR) is 108 cm³/mol. The summed E-state index contributed by atoms with van der Waals surface area (Å²) in [6, 6.07) is 11.2. The van der Waals surface area contributed by atoms with Crippen LogP contribution in [0.2, 0.25) is 0 Å². The molecule has 1 aromatic heterocycles. The number of fused-ring (bicyclic) bond motifs is 1. The Labute approximate surface area is 167 Å². The number of amides is 2. The lowest BCUT2D eigenvalue weighted by atomic mass is 10.2. The van der Waals surface area contributed by atoms with Gasteiger partial charge in [0.2, 0.25) is 11.8 Å². The van der Waals surface area contributed by atoms with Crippen molar-refractivity contribution in [2.24, 2.45) is 5.92 Å². The molecule has 1 saturated carbocycles. The predicted octanol–water partition coefficient (Wildman–Crippen LogP) is 3.71. The Morgan fingerprint density at radius 1 is 1.14 bits per heavy atom. The number of hydrogen-bond donors (Lipinski definition) is 2. The highest BCUT2D eigenvalue weighted by molar-refractivity contribution is 5.99. The fourth-order valence-corrected chi connectivity index (χ4v) is 3.95. The van der Waals surface area contributed by atoms with E-state index < -0.39 is 6.04 Å². The summed E-state index contributed by atoms with van der Waals surface area (Å²) >= 11 is 0. The lowest BCUT2D eigenvalue weighted by Gasteiger charge is -2.24. The number of nitrogens with zero attached hydrogens (tertiary/aromatic N) is 2. The number of imidazole rings is 1. The molecule has 1 aliphatic heterocycles. The van der Waals surface area contributed by atoms with Gasteiger partial charge in [0.1, 0.15) is 17.7 Å². The molecule has 2 aromatic carbocycles. The molecular formula is C22H21FN4O2. The Balaban J connectivity index is 1.35. The smallest absolute Gasteiger partial charge is 0.247 e. The van der Waals surface area contributed by atoms with Crippen LogP contribution in [-0.2, 0) is 9.59 Å². The fourth-order valence-electron chi connectivity index (χ4n) is 3.95. The average Bonchev–Trinajstić information content (AvgIpc) is 3.28. The van der Waals surface area contributed by atoms with Crippen LogP contribution < -0.4 is 5.32 Å². The van der Waals surface area contributed by atoms with Crippen LogP contribution in [0.3, 0.4) is 0 Å². The quantitative estimate of drug-likeness (QED) is 0.711. The number of aromatic amines is 1. The molecule has 2 fully saturated rings. The number of likely N-dealkylation sites (tertiary alicyclic amines) is 1. The summed E-state index contributed by atoms with van der Waals surface area (Å²) in [5.41, 5.74) is 2.78. The molecule has 1 aliphatic carbocycles. The van der Waals surface area contributed by atoms with Gasteiger partial charge >= 0.3 is 0 Å². The number of anilines is 1. The number of carbonyl (C=O) groups excluding carboxylic acids is 2. The first-order chi connectivity index (χ1) is 14.1. The van der Waals surface area contributed by atoms with E-state index in [1.807, 2.05) is 12.1 Å². The van der Waals surface area contributed by atoms with Crippen molar-refractivity contribution in [1.82, 2.24) is 14.9 Å². The molecular weight excluding hydrogens is 371 g/mol. The molecule has 6 nitrogen and oxygen atoms in total. The van der Waals surface area contributed by atoms with Crippen molar-refractivity contribution in [3.8, 4) is 11.4 Å². The molecule has 7 heteroatoms. The molecule has 2 amide bonds. The second-order valence-electron chi connectivity index (χ2n) is 7.78. The van der Waals surface area contributed by atoms with E-state index in [-0.39, 0.29) is 23.5 Å². The van der Waals surface area contributed by atoms with Gasteiger partial charge in [-0.2, -0.15) is 0 Å². The second kappa shape index (κ2) is 6.99. The van der Waals surface area contributed by atoms with Gasteiger partial charge in [-0.3, -0.25) is 9.59 Å². The van der Waals surface area contributed by atoms with Gasteiger partial charge in [0.05, 0.1) is 11.0 Å². The number of benzene rings is 2. The molecule has 148 valence electrons. The number of nitrogens with one attached hydrogen (secondary N) is 2. The van der Waals surface area contributed by atoms with Gasteiger partial charge in [-0.1, -0.05) is 12.1 Å². The number of halogens is 1. The zero-order chi connectivity index (χ0) is 20.0. The maximum Gasteiger partial charge on any atom is 0.247 e. The van der Waals surface area contributed by atoms with Crippen LogP contribution in [0.5, 0.6) is 0 Å². The summed E-state index contributed by atoms with van der Waals surface area (Å²) < 4.78 is 13.5. The van der Waals surface area contributed by atoms with E-state index in [0.717, 1.165) is 30.3 Å². The third-order valence-corrected chi connectivity index (χ3v) is 5.61. The first-order valence-electron chi connectivity index (χ1n) is 9.95. The first kappa shape index (κ1) is 17.8. The Morgan fingerprint density at radius 3 is 2.79 bits per heavy atom. The molecule has 5 rings (SSSR count). The van der Waals surface area contributed by atoms with Crippen LogP contribution in [0.1, 0.15) is 25.7 Å². The molecule has 1 atom stereocenters. The van der Waals surface area contributed by atoms with Gasteiger partial charge in [-0.15, -0.1) is 0 Å². The van der Waals surface area contributed by atoms with Crippen molar-refractivity contribution in [2.75, 3.05) is 11.9 Å². The van der Waals surface area contributed by atoms with Crippen molar-refractivity contribution in [3.05, 3.63) is 48.3 Å². The minimum absolute atomic E-state index is 0.117. The monoisotopic (exact) mass is 392 g/mol. The summed E-state index contributed by atoms with van der Waals surface area (Å²) in [5.74, 6) is 0.329. The van der Waals surface area contributed by atoms with Gasteiger partial charge in [-0.05, 0) is 56.0 Å². The molecule has 3 aromatic rings. The standard InChI is InChI=1S/C22H21FN4O2/c23-15-4-1-3-14(11-15)20-25-17-9-8-16(12-18(17)26-20)24-21(28)19-5-2-10-27(19)22(29)13-6-7-13/h1,3-4,8-9,11-13,19H,2,5-7,10H2,(H,24,28)(H,25,26). The van der Waals surface area contributed by atoms with Gasteiger partial charge < -0.3 is 15.2 Å². The van der Waals surface area contributed by atoms with Gasteiger partial charge in [0, 0.05) is 23.7 Å². The fraction of sp³-hybridized carbons (Fsp3) is 0.318. The number of rotatable bonds is 4. The topological polar surface area (TPSA) is 78.1 Å². The van der Waals surface area contributed by atoms with Gasteiger partial charge in [-0.25, -0.2) is 9.37 Å². The van der Waals surface area contributed by atoms with Crippen molar-refractivity contribution in [3.63, 3.8) is 0 Å². The SMILES string of the molecule is O=C(Nc1ccc2nc(-c3cccc(F)c3)[nH]c2c1)C1CCCN1C(=O)C1CC1. The van der Waals surface area contributed by atoms with Crippen LogP contribution in [0.25, 0.3) is 22.4 Å². The maximum absolute atomic E-state index is 13.5. The molecule has 2 heterocycles. The zero-order valence-corrected chi connectivity index (χ0v) is 15.8. The number of aromatic nitrogens is 2. The minimum Gasteiger partial charge on any atom is -0.338 e. The summed E-state index contributed by atoms with van der Waals surface area (Å²) in [4.78, 5) is 34.6. The van der Waals surface area contributed by atoms with E-state index in [1.165, 1.54) is 12.1 Å². The van der Waals surface area contributed by atoms with Crippen LogP contribution in [0, 0.1) is 11.7 Å². The van der Waals surface area contributed by atoms with Crippen molar-refractivity contribution >= 4 is 28.5 Å². The Hall–Kier alpha value is -3.22. The highest BCUT2D eigenvalue weighted by Crippen LogP contribution is 2.34. The molecule has 1 unspecified atom stereocenters. The lowest BCUT2D eigenvalue weighted by molar-refractivity contribution is -0.137. The van der Waals surface area contributed by atoms with E-state index in [4.69, 9.17) is 0 Å². The number of carbonyl (C=O) groups is 2. The second-order valence-corrected chi connectivity index (χ2v) is 7.78. The van der Waals surface area contributed by atoms with Crippen molar-refractivity contribution in [2.45, 2.75) is 31.7 Å². The van der Waals surface area contributed by atoms with Crippen LogP contribution in [-0.4, -0.2) is 39.3 Å². The Kier molecular flexibility index (Phi) is 4.30. The normalized spacial score (nSPS) is 18.9. The third-order valence-electron chi connectivity index (χ3n) is 5.61. The summed E-state index contributed by atoms with van der Waals surface area (Å²) in [6.07, 6.45) is 3.43. The third kappa shape index (κ3) is 3.48. The van der Waals surface area contributed by atoms with Crippen LogP contribution >= 0.6 is 0 Å². The maximum atomic E-state index is 13.5. The molecule has 0 spiro atoms. The highest BCUT2D eigenvalue weighted by atomic mass is 19.1. The van der Waals surface area contributed by atoms with E-state index >= 15 is 0 Å². The van der Waals surface area contributed by atoms with Gasteiger partial charge in [0.25, 0.3) is 0 Å². The summed E-state index contributed by atoms with van der Waals surface area (Å²) in [7, 11) is 0. The number of hydrogen-bond acceptors (Lipinski definition) is 3. The Morgan fingerprint density at radius 2 is 2.00 bits per heavy atom. The molecule has 2 N–H and O–H groups in total. The van der Waals surface area contributed by atoms with Crippen LogP contribution in [0.15, 0.2) is 42.5 Å². The van der Waals surface area contributed by atoms with Crippen LogP contribution in [0.4, 0.5) is 10.1 Å². The first-order valence-corrected chi connectivity index (χ1v) is 9.95. The summed E-state index contributed by atoms with van der Waals surface area (Å²) in [6.45, 7) is 0.657. The average molecular weight is 392 g/mol. The summed E-state index contributed by atoms with van der Waals surface area (Å²) in [5, 5.41) is 2.94. The zero-order valence-electron chi connectivity index (χ0n) is 15.8. The van der Waals surface area contributed by atoms with E-state index in [1.54, 1.807) is 23.1 Å². The van der Waals surface area contributed by atoms with E-state index in [0.29, 0.717) is 30.0 Å². The van der Waals surface area contributed by atoms with E-state index in [9.17, 15) is 14.0 Å². The Bertz CT molecular complexity index is 1110. The highest BCUT2D eigenvalue weighted by Gasteiger charge is 2.40. The number of H-pyrrole nitrogens is 1. The van der Waals surface area contributed by atoms with Crippen molar-refractivity contribution < 1.29 is 14.0 Å². The van der Waals surface area contributed by atoms with Gasteiger partial charge in [0.15, 0.2) is 0 Å². The lowest BCUT2D eigenvalue weighted by Crippen LogP contribution is -2.43. The van der Waals surface area contributed by atoms with E-state index in [2.05, 4.69) is 15.3 Å². The molecule has 0 bridgehead atoms. The molecule has 2 aliphatic rings. The largest absolute Gasteiger partial charge is 0.338 e. The molecule has 29 heavy (non-hydrogen) atoms. The minimum atomic E-state index is -0.400. The van der Waals surface area contributed by atoms with Crippen molar-refractivity contribution in [1.29, 1.82) is 0 Å². The molecule has 1 saturated heterocycles.